The predicted molar refractivity (Wildman–Crippen MR) is 72.8 cm³/mol. The van der Waals surface area contributed by atoms with Gasteiger partial charge in [-0.2, -0.15) is 0 Å². The molecule has 0 bridgehead atoms. The minimum Gasteiger partial charge on any atom is -0.349 e. The molecule has 0 unspecified atom stereocenters. The average molecular weight is 259 g/mol. The molecule has 5 nitrogen and oxygen atoms in total. The van der Waals surface area contributed by atoms with Crippen LogP contribution in [0.25, 0.3) is 11.0 Å². The molecule has 0 atom stereocenters. The van der Waals surface area contributed by atoms with Gasteiger partial charge in [-0.15, -0.1) is 0 Å². The molecule has 1 heterocycles. The molecule has 0 spiro atoms. The summed E-state index contributed by atoms with van der Waals surface area (Å²) < 4.78 is 1.96. The summed E-state index contributed by atoms with van der Waals surface area (Å²) in [6.07, 6.45) is 2.06. The average Bonchev–Trinajstić information content (AvgIpc) is 2.77. The number of imidazole rings is 1. The number of fused-ring (bicyclic) bond motifs is 1. The zero-order valence-corrected chi connectivity index (χ0v) is 11.3. The van der Waals surface area contributed by atoms with Crippen molar-refractivity contribution in [2.24, 2.45) is 7.05 Å². The number of rotatable bonds is 4. The molecule has 19 heavy (non-hydrogen) atoms. The third-order valence-corrected chi connectivity index (χ3v) is 3.32. The Hall–Kier alpha value is -2.17. The number of amides is 1. The van der Waals surface area contributed by atoms with Gasteiger partial charge < -0.3 is 9.88 Å². The minimum atomic E-state index is -0.591. The maximum Gasteiger partial charge on any atom is 0.284 e. The van der Waals surface area contributed by atoms with E-state index in [1.165, 1.54) is 0 Å². The first-order chi connectivity index (χ1) is 8.94. The Bertz CT molecular complexity index is 629. The summed E-state index contributed by atoms with van der Waals surface area (Å²) in [5.74, 6) is -0.591. The monoisotopic (exact) mass is 259 g/mol. The van der Waals surface area contributed by atoms with Gasteiger partial charge in [0.05, 0.1) is 17.4 Å². The maximum atomic E-state index is 11.0. The Morgan fingerprint density at radius 3 is 2.89 bits per heavy atom. The summed E-state index contributed by atoms with van der Waals surface area (Å²) in [6, 6.07) is 6.06. The van der Waals surface area contributed by atoms with Gasteiger partial charge >= 0.3 is 0 Å². The molecule has 100 valence electrons. The number of benzene rings is 1. The lowest BCUT2D eigenvalue weighted by atomic mass is 9.84. The number of nitrogens with zero attached hydrogens (tertiary/aromatic N) is 2. The van der Waals surface area contributed by atoms with Gasteiger partial charge in [-0.1, -0.05) is 19.9 Å². The van der Waals surface area contributed by atoms with E-state index in [4.69, 9.17) is 0 Å². The van der Waals surface area contributed by atoms with Crippen molar-refractivity contribution in [3.05, 3.63) is 30.1 Å². The summed E-state index contributed by atoms with van der Waals surface area (Å²) in [5, 5.41) is 2.59. The van der Waals surface area contributed by atoms with Crippen molar-refractivity contribution in [1.29, 1.82) is 0 Å². The van der Waals surface area contributed by atoms with E-state index in [1.54, 1.807) is 6.33 Å². The van der Waals surface area contributed by atoms with Crippen LogP contribution >= 0.6 is 0 Å². The third kappa shape index (κ3) is 2.65. The van der Waals surface area contributed by atoms with Gasteiger partial charge in [-0.3, -0.25) is 9.59 Å². The van der Waals surface area contributed by atoms with E-state index in [-0.39, 0.29) is 11.7 Å². The number of aldehydes is 1. The Balaban J connectivity index is 2.26. The number of hydrogen-bond donors (Lipinski definition) is 1. The van der Waals surface area contributed by atoms with Crippen molar-refractivity contribution in [3.63, 3.8) is 0 Å². The maximum absolute atomic E-state index is 11.0. The fourth-order valence-corrected chi connectivity index (χ4v) is 2.01. The fourth-order valence-electron chi connectivity index (χ4n) is 2.01. The van der Waals surface area contributed by atoms with Crippen LogP contribution in [0.15, 0.2) is 24.5 Å². The first kappa shape index (κ1) is 13.3. The molecule has 0 aliphatic rings. The smallest absolute Gasteiger partial charge is 0.284 e. The van der Waals surface area contributed by atoms with E-state index < -0.39 is 5.91 Å². The molecule has 0 aliphatic carbocycles. The van der Waals surface area contributed by atoms with Gasteiger partial charge in [0.1, 0.15) is 0 Å². The number of aryl methyl sites for hydroxylation is 1. The van der Waals surface area contributed by atoms with Crippen LogP contribution in [0.1, 0.15) is 19.4 Å². The van der Waals surface area contributed by atoms with Crippen LogP contribution in [0.3, 0.4) is 0 Å². The minimum absolute atomic E-state index is 0.260. The quantitative estimate of drug-likeness (QED) is 0.662. The van der Waals surface area contributed by atoms with Crippen molar-refractivity contribution in [2.45, 2.75) is 19.3 Å². The van der Waals surface area contributed by atoms with Gasteiger partial charge in [0.15, 0.2) is 0 Å². The van der Waals surface area contributed by atoms with E-state index in [0.717, 1.165) is 16.6 Å². The molecule has 2 rings (SSSR count). The van der Waals surface area contributed by atoms with Crippen LogP contribution in [0.5, 0.6) is 0 Å². The van der Waals surface area contributed by atoms with Gasteiger partial charge in [0.25, 0.3) is 5.91 Å². The van der Waals surface area contributed by atoms with Crippen LogP contribution in [0.4, 0.5) is 0 Å². The van der Waals surface area contributed by atoms with Gasteiger partial charge in [-0.05, 0) is 17.7 Å². The van der Waals surface area contributed by atoms with E-state index in [1.807, 2.05) is 43.7 Å². The van der Waals surface area contributed by atoms with Crippen molar-refractivity contribution in [2.75, 3.05) is 6.54 Å². The second-order valence-corrected chi connectivity index (χ2v) is 5.28. The highest BCUT2D eigenvalue weighted by atomic mass is 16.2. The molecule has 5 heteroatoms. The first-order valence-electron chi connectivity index (χ1n) is 6.08. The molecule has 0 saturated heterocycles. The SMILES string of the molecule is Cn1cnc2cc(C(C)(C)CNC(=O)C=O)ccc21. The highest BCUT2D eigenvalue weighted by molar-refractivity contribution is 6.23. The molecule has 0 aliphatic heterocycles. The summed E-state index contributed by atoms with van der Waals surface area (Å²) in [5.41, 5.74) is 2.81. The van der Waals surface area contributed by atoms with Crippen LogP contribution in [-0.2, 0) is 22.1 Å². The molecule has 0 fully saturated rings. The molecule has 2 aromatic rings. The lowest BCUT2D eigenvalue weighted by Gasteiger charge is -2.25. The zero-order chi connectivity index (χ0) is 14.0. The summed E-state index contributed by atoms with van der Waals surface area (Å²) in [4.78, 5) is 25.6. The third-order valence-electron chi connectivity index (χ3n) is 3.32. The van der Waals surface area contributed by atoms with E-state index in [9.17, 15) is 9.59 Å². The van der Waals surface area contributed by atoms with Crippen LogP contribution in [-0.4, -0.2) is 28.3 Å². The van der Waals surface area contributed by atoms with Crippen LogP contribution in [0.2, 0.25) is 0 Å². The molecule has 1 amide bonds. The molecular formula is C14H17N3O2. The Labute approximate surface area is 111 Å². The summed E-state index contributed by atoms with van der Waals surface area (Å²) in [7, 11) is 1.95. The number of carbonyl (C=O) groups is 2. The second-order valence-electron chi connectivity index (χ2n) is 5.28. The number of carbonyl (C=O) groups excluding carboxylic acids is 2. The van der Waals surface area contributed by atoms with Crippen molar-refractivity contribution in [1.82, 2.24) is 14.9 Å². The van der Waals surface area contributed by atoms with Crippen molar-refractivity contribution >= 4 is 23.2 Å². The van der Waals surface area contributed by atoms with Crippen LogP contribution in [0, 0.1) is 0 Å². The Morgan fingerprint density at radius 1 is 1.47 bits per heavy atom. The summed E-state index contributed by atoms with van der Waals surface area (Å²) >= 11 is 0. The fraction of sp³-hybridized carbons (Fsp3) is 0.357. The predicted octanol–water partition coefficient (Wildman–Crippen LogP) is 1.17. The van der Waals surface area contributed by atoms with E-state index in [0.29, 0.717) is 6.54 Å². The highest BCUT2D eigenvalue weighted by Crippen LogP contribution is 2.25. The van der Waals surface area contributed by atoms with Crippen LogP contribution < -0.4 is 5.32 Å². The lowest BCUT2D eigenvalue weighted by Crippen LogP contribution is -2.37. The Kier molecular flexibility index (Phi) is 3.38. The van der Waals surface area contributed by atoms with Crippen molar-refractivity contribution < 1.29 is 9.59 Å². The molecule has 1 N–H and O–H groups in total. The standard InChI is InChI=1S/C14H17N3O2/c1-14(2,8-15-13(19)7-18)10-4-5-12-11(6-10)16-9-17(12)3/h4-7,9H,8H2,1-3H3,(H,15,19). The topological polar surface area (TPSA) is 64.0 Å². The number of aromatic nitrogens is 2. The zero-order valence-electron chi connectivity index (χ0n) is 11.3. The largest absolute Gasteiger partial charge is 0.349 e. The second kappa shape index (κ2) is 4.84. The van der Waals surface area contributed by atoms with Crippen molar-refractivity contribution in [3.8, 4) is 0 Å². The first-order valence-corrected chi connectivity index (χ1v) is 6.08. The molecular weight excluding hydrogens is 242 g/mol. The molecule has 0 saturated carbocycles. The summed E-state index contributed by atoms with van der Waals surface area (Å²) in [6.45, 7) is 4.44. The van der Waals surface area contributed by atoms with Gasteiger partial charge in [0.2, 0.25) is 6.29 Å². The van der Waals surface area contributed by atoms with E-state index in [2.05, 4.69) is 10.3 Å². The Morgan fingerprint density at radius 2 is 2.21 bits per heavy atom. The molecule has 1 aromatic heterocycles. The molecule has 1 aromatic carbocycles. The van der Waals surface area contributed by atoms with Gasteiger partial charge in [-0.25, -0.2) is 4.98 Å². The van der Waals surface area contributed by atoms with Gasteiger partial charge in [0, 0.05) is 19.0 Å². The van der Waals surface area contributed by atoms with E-state index >= 15 is 0 Å². The number of nitrogens with one attached hydrogen (secondary N) is 1. The lowest BCUT2D eigenvalue weighted by molar-refractivity contribution is -0.131. The normalized spacial score (nSPS) is 11.5. The number of hydrogen-bond acceptors (Lipinski definition) is 3. The molecule has 0 radical (unpaired) electrons. The highest BCUT2D eigenvalue weighted by Gasteiger charge is 2.22.